The van der Waals surface area contributed by atoms with Gasteiger partial charge < -0.3 is 0 Å². The molecule has 0 aromatic carbocycles. The molecule has 0 spiro atoms. The summed E-state index contributed by atoms with van der Waals surface area (Å²) in [7, 11) is 0.931. The van der Waals surface area contributed by atoms with Crippen LogP contribution < -0.4 is 0 Å². The molecule has 0 saturated carbocycles. The van der Waals surface area contributed by atoms with Gasteiger partial charge in [0.2, 0.25) is 0 Å². The second-order valence-electron chi connectivity index (χ2n) is 0. The summed E-state index contributed by atoms with van der Waals surface area (Å²) >= 11 is 4.01. The van der Waals surface area contributed by atoms with E-state index in [1.807, 2.05) is 0 Å². The Morgan fingerprint density at radius 3 is 1.20 bits per heavy atom. The van der Waals surface area contributed by atoms with Gasteiger partial charge in [0.05, 0.1) is 0 Å². The summed E-state index contributed by atoms with van der Waals surface area (Å²) in [6, 6.07) is 0. The van der Waals surface area contributed by atoms with Gasteiger partial charge >= 0.3 is 46.8 Å². The van der Waals surface area contributed by atoms with Crippen LogP contribution >= 0.6 is 0 Å². The molecule has 0 atom stereocenters. The van der Waals surface area contributed by atoms with Gasteiger partial charge in [0, 0.05) is 17.1 Å². The van der Waals surface area contributed by atoms with Crippen LogP contribution in [-0.4, -0.2) is 49.4 Å². The van der Waals surface area contributed by atoms with Gasteiger partial charge in [-0.15, -0.1) is 0 Å². The molecule has 0 heterocycles. The molecule has 0 aliphatic rings. The van der Waals surface area contributed by atoms with E-state index in [9.17, 15) is 0 Å². The van der Waals surface area contributed by atoms with Crippen LogP contribution in [0.3, 0.4) is 0 Å². The van der Waals surface area contributed by atoms with Gasteiger partial charge in [-0.25, -0.2) is 0 Å². The van der Waals surface area contributed by atoms with Gasteiger partial charge in [-0.2, -0.15) is 0 Å². The van der Waals surface area contributed by atoms with Crippen LogP contribution in [0.2, 0.25) is 0 Å². The zero-order valence-electron chi connectivity index (χ0n) is 1.62. The van der Waals surface area contributed by atoms with Gasteiger partial charge in [0.1, 0.15) is 0 Å². The summed E-state index contributed by atoms with van der Waals surface area (Å²) in [5.41, 5.74) is 0. The first kappa shape index (κ1) is 25.8. The Labute approximate surface area is 80.2 Å². The Bertz CT molecular complexity index is 11.6. The van der Waals surface area contributed by atoms with Crippen molar-refractivity contribution in [2.45, 2.75) is 0 Å². The van der Waals surface area contributed by atoms with Crippen molar-refractivity contribution >= 4 is 49.4 Å². The van der Waals surface area contributed by atoms with Gasteiger partial charge in [0.25, 0.3) is 0 Å². The third kappa shape index (κ3) is 20.9. The summed E-state index contributed by atoms with van der Waals surface area (Å²) in [5.74, 6) is 0. The Morgan fingerprint density at radius 1 is 1.20 bits per heavy atom. The van der Waals surface area contributed by atoms with E-state index in [0.29, 0.717) is 0 Å². The van der Waals surface area contributed by atoms with Crippen molar-refractivity contribution in [3.05, 3.63) is 0 Å². The second kappa shape index (κ2) is 31.2. The zero-order chi connectivity index (χ0) is 2.00. The van der Waals surface area contributed by atoms with Crippen LogP contribution in [0.25, 0.3) is 0 Å². The van der Waals surface area contributed by atoms with E-state index in [-0.39, 0.29) is 57.5 Å². The van der Waals surface area contributed by atoms with E-state index in [2.05, 4.69) is 14.8 Å². The van der Waals surface area contributed by atoms with E-state index < -0.39 is 0 Å². The molecular weight excluding hydrogens is 202 g/mol. The SMILES string of the molecule is [AlH3].[Cu].[MgH2].[SiH3][Ni]. The molecule has 0 aliphatic heterocycles. The van der Waals surface area contributed by atoms with Crippen molar-refractivity contribution < 1.29 is 31.9 Å². The average Bonchev–Trinajstić information content (AvgIpc) is 1.00. The van der Waals surface area contributed by atoms with E-state index in [4.69, 9.17) is 0 Å². The predicted molar refractivity (Wildman–Crippen MR) is 28.4 cm³/mol. The van der Waals surface area contributed by atoms with Crippen molar-refractivity contribution in [2.24, 2.45) is 0 Å². The standard InChI is InChI=1S/Al.Cu.Mg.Ni.H3Si.5H/h;;;;1H3;;;;;. The number of hydrogen-bond donors (Lipinski definition) is 0. The molecule has 0 nitrogen and oxygen atoms in total. The van der Waals surface area contributed by atoms with E-state index in [1.54, 1.807) is 0 Å². The van der Waals surface area contributed by atoms with Crippen molar-refractivity contribution in [2.75, 3.05) is 0 Å². The van der Waals surface area contributed by atoms with Crippen LogP contribution in [-0.2, 0) is 31.9 Å². The molecule has 5 heavy (non-hydrogen) atoms. The number of rotatable bonds is 0. The normalized spacial score (nSPS) is 2.00. The molecule has 0 aliphatic carbocycles. The molecule has 0 amide bonds. The van der Waals surface area contributed by atoms with Crippen molar-refractivity contribution in [3.63, 3.8) is 0 Å². The molecule has 0 aromatic heterocycles. The summed E-state index contributed by atoms with van der Waals surface area (Å²) in [6.07, 6.45) is 0. The van der Waals surface area contributed by atoms with Crippen molar-refractivity contribution in [1.82, 2.24) is 0 Å². The molecule has 0 bridgehead atoms. The van der Waals surface area contributed by atoms with Gasteiger partial charge in [-0.1, -0.05) is 0 Å². The fourth-order valence-corrected chi connectivity index (χ4v) is 0. The van der Waals surface area contributed by atoms with E-state index in [0.717, 1.165) is 8.94 Å². The van der Waals surface area contributed by atoms with E-state index in [1.165, 1.54) is 0 Å². The predicted octanol–water partition coefficient (Wildman–Crippen LogP) is -3.29. The molecule has 0 aromatic rings. The average molecular weight is 210 g/mol. The Morgan fingerprint density at radius 2 is 1.20 bits per heavy atom. The Balaban J connectivity index is -0.00000000167. The maximum absolute atomic E-state index is 4.01. The topological polar surface area (TPSA) is 0 Å². The Kier molecular flexibility index (Phi) is 161. The molecular formula is H8AlCuMgNiSi. The van der Waals surface area contributed by atoms with Crippen molar-refractivity contribution in [1.29, 1.82) is 0 Å². The monoisotopic (exact) mass is 208 g/mol. The van der Waals surface area contributed by atoms with E-state index >= 15 is 0 Å². The van der Waals surface area contributed by atoms with Crippen LogP contribution in [0, 0.1) is 0 Å². The van der Waals surface area contributed by atoms with Gasteiger partial charge in [-0.05, 0) is 0 Å². The van der Waals surface area contributed by atoms with Gasteiger partial charge in [-0.3, -0.25) is 0 Å². The third-order valence-corrected chi connectivity index (χ3v) is 0. The fourth-order valence-electron chi connectivity index (χ4n) is 0. The molecule has 0 unspecified atom stereocenters. The zero-order valence-corrected chi connectivity index (χ0v) is 5.55. The maximum atomic E-state index is 4.01. The van der Waals surface area contributed by atoms with Crippen LogP contribution in [0.5, 0.6) is 0 Å². The molecule has 0 rings (SSSR count). The molecule has 0 N–H and O–H groups in total. The van der Waals surface area contributed by atoms with Gasteiger partial charge in [0.15, 0.2) is 17.4 Å². The van der Waals surface area contributed by atoms with Crippen molar-refractivity contribution in [3.8, 4) is 0 Å². The summed E-state index contributed by atoms with van der Waals surface area (Å²) in [6.45, 7) is 0. The summed E-state index contributed by atoms with van der Waals surface area (Å²) < 4.78 is 0. The molecule has 1 radical (unpaired) electrons. The first-order chi connectivity index (χ1) is 1.00. The second-order valence-corrected chi connectivity index (χ2v) is 0. The fraction of sp³-hybridized carbons (Fsp3) is 0. The first-order valence-corrected chi connectivity index (χ1v) is 3.91. The van der Waals surface area contributed by atoms with Crippen LogP contribution in [0.15, 0.2) is 0 Å². The third-order valence-electron chi connectivity index (χ3n) is 0. The molecule has 0 fully saturated rings. The molecule has 5 heteroatoms. The minimum absolute atomic E-state index is 0. The quantitative estimate of drug-likeness (QED) is 0.367. The summed E-state index contributed by atoms with van der Waals surface area (Å²) in [4.78, 5) is 0. The minimum atomic E-state index is 0. The first-order valence-electron chi connectivity index (χ1n) is 0.316. The van der Waals surface area contributed by atoms with Crippen LogP contribution in [0.4, 0.5) is 0 Å². The summed E-state index contributed by atoms with van der Waals surface area (Å²) in [5, 5.41) is 0. The number of hydrogen-bond acceptors (Lipinski definition) is 0. The van der Waals surface area contributed by atoms with Crippen LogP contribution in [0.1, 0.15) is 0 Å². The molecule has 0 saturated heterocycles. The Hall–Kier alpha value is 2.53. The molecule has 38 valence electrons.